The quantitative estimate of drug-likeness (QED) is 0.824. The van der Waals surface area contributed by atoms with E-state index in [0.29, 0.717) is 28.3 Å². The molecule has 0 aliphatic rings. The summed E-state index contributed by atoms with van der Waals surface area (Å²) in [4.78, 5) is 23.3. The molecule has 0 atom stereocenters. The second kappa shape index (κ2) is 8.16. The number of amides is 1. The molecule has 0 heterocycles. The van der Waals surface area contributed by atoms with Gasteiger partial charge in [0.1, 0.15) is 0 Å². The molecule has 4 nitrogen and oxygen atoms in total. The second-order valence-electron chi connectivity index (χ2n) is 4.99. The molecule has 1 amide bonds. The van der Waals surface area contributed by atoms with Gasteiger partial charge in [0.05, 0.1) is 17.4 Å². The summed E-state index contributed by atoms with van der Waals surface area (Å²) in [5, 5.41) is 11.6. The van der Waals surface area contributed by atoms with E-state index < -0.39 is 0 Å². The van der Waals surface area contributed by atoms with Crippen molar-refractivity contribution in [3.05, 3.63) is 65.2 Å². The number of ketones is 1. The van der Waals surface area contributed by atoms with Crippen molar-refractivity contribution in [3.8, 4) is 6.07 Å². The number of nitrogens with zero attached hydrogens (tertiary/aromatic N) is 1. The second-order valence-corrected chi connectivity index (χ2v) is 5.98. The lowest BCUT2D eigenvalue weighted by Gasteiger charge is -2.06. The summed E-state index contributed by atoms with van der Waals surface area (Å²) in [6.45, 7) is 1.49. The maximum absolute atomic E-state index is 11.9. The molecule has 0 bridgehead atoms. The number of carbonyl (C=O) groups excluding carboxylic acids is 2. The standard InChI is InChI=1S/C18H16N2O2S/c1-13(21)16-6-3-7-17(9-16)20-18(22)12-23-11-15-5-2-4-14(8-15)10-19/h2-9H,11-12H2,1H3,(H,20,22). The van der Waals surface area contributed by atoms with E-state index in [0.717, 1.165) is 5.56 Å². The third kappa shape index (κ3) is 5.28. The molecule has 1 N–H and O–H groups in total. The van der Waals surface area contributed by atoms with Crippen molar-refractivity contribution >= 4 is 29.1 Å². The highest BCUT2D eigenvalue weighted by atomic mass is 32.2. The van der Waals surface area contributed by atoms with E-state index in [4.69, 9.17) is 5.26 Å². The molecule has 0 saturated heterocycles. The van der Waals surface area contributed by atoms with E-state index in [2.05, 4.69) is 11.4 Å². The number of hydrogen-bond acceptors (Lipinski definition) is 4. The van der Waals surface area contributed by atoms with E-state index in [1.807, 2.05) is 18.2 Å². The molecule has 0 fully saturated rings. The Morgan fingerprint density at radius 3 is 2.70 bits per heavy atom. The van der Waals surface area contributed by atoms with Gasteiger partial charge in [0.15, 0.2) is 5.78 Å². The van der Waals surface area contributed by atoms with Crippen LogP contribution in [0, 0.1) is 11.3 Å². The van der Waals surface area contributed by atoms with E-state index >= 15 is 0 Å². The van der Waals surface area contributed by atoms with Crippen molar-refractivity contribution in [1.29, 1.82) is 5.26 Å². The molecule has 2 aromatic carbocycles. The number of Topliss-reactive ketones (excluding diaryl/α,β-unsaturated/α-hetero) is 1. The van der Waals surface area contributed by atoms with Crippen LogP contribution in [-0.4, -0.2) is 17.4 Å². The van der Waals surface area contributed by atoms with Crippen molar-refractivity contribution < 1.29 is 9.59 Å². The molecule has 23 heavy (non-hydrogen) atoms. The Hall–Kier alpha value is -2.58. The van der Waals surface area contributed by atoms with Crippen molar-refractivity contribution in [1.82, 2.24) is 0 Å². The zero-order valence-corrected chi connectivity index (χ0v) is 13.5. The number of carbonyl (C=O) groups is 2. The van der Waals surface area contributed by atoms with Crippen molar-refractivity contribution in [2.24, 2.45) is 0 Å². The average molecular weight is 324 g/mol. The molecular formula is C18H16N2O2S. The van der Waals surface area contributed by atoms with Crippen LogP contribution in [0.25, 0.3) is 0 Å². The predicted octanol–water partition coefficient (Wildman–Crippen LogP) is 3.63. The topological polar surface area (TPSA) is 70.0 Å². The highest BCUT2D eigenvalue weighted by Gasteiger charge is 2.05. The summed E-state index contributed by atoms with van der Waals surface area (Å²) < 4.78 is 0. The van der Waals surface area contributed by atoms with Crippen LogP contribution < -0.4 is 5.32 Å². The minimum Gasteiger partial charge on any atom is -0.325 e. The molecule has 0 radical (unpaired) electrons. The van der Waals surface area contributed by atoms with Gasteiger partial charge in [0.25, 0.3) is 0 Å². The summed E-state index contributed by atoms with van der Waals surface area (Å²) in [6.07, 6.45) is 0. The van der Waals surface area contributed by atoms with Crippen LogP contribution >= 0.6 is 11.8 Å². The zero-order valence-electron chi connectivity index (χ0n) is 12.7. The maximum Gasteiger partial charge on any atom is 0.234 e. The SMILES string of the molecule is CC(=O)c1cccc(NC(=O)CSCc2cccc(C#N)c2)c1. The van der Waals surface area contributed by atoms with Crippen LogP contribution in [0.2, 0.25) is 0 Å². The number of nitriles is 1. The first kappa shape index (κ1) is 16.8. The molecule has 116 valence electrons. The first-order valence-electron chi connectivity index (χ1n) is 7.06. The lowest BCUT2D eigenvalue weighted by molar-refractivity contribution is -0.113. The van der Waals surface area contributed by atoms with Crippen LogP contribution in [0.5, 0.6) is 0 Å². The third-order valence-corrected chi connectivity index (χ3v) is 4.11. The van der Waals surface area contributed by atoms with Gasteiger partial charge >= 0.3 is 0 Å². The summed E-state index contributed by atoms with van der Waals surface area (Å²) in [6, 6.07) is 16.3. The molecule has 0 unspecified atom stereocenters. The van der Waals surface area contributed by atoms with Gasteiger partial charge in [-0.1, -0.05) is 24.3 Å². The lowest BCUT2D eigenvalue weighted by atomic mass is 10.1. The van der Waals surface area contributed by atoms with Crippen molar-refractivity contribution in [2.45, 2.75) is 12.7 Å². The maximum atomic E-state index is 11.9. The Balaban J connectivity index is 1.84. The first-order chi connectivity index (χ1) is 11.1. The molecule has 0 spiro atoms. The first-order valence-corrected chi connectivity index (χ1v) is 8.21. The zero-order chi connectivity index (χ0) is 16.7. The fourth-order valence-electron chi connectivity index (χ4n) is 2.01. The molecule has 0 aromatic heterocycles. The van der Waals surface area contributed by atoms with Crippen LogP contribution in [0.15, 0.2) is 48.5 Å². The van der Waals surface area contributed by atoms with Crippen molar-refractivity contribution in [3.63, 3.8) is 0 Å². The Morgan fingerprint density at radius 2 is 1.96 bits per heavy atom. The monoisotopic (exact) mass is 324 g/mol. The number of anilines is 1. The molecule has 0 aliphatic heterocycles. The van der Waals surface area contributed by atoms with Crippen LogP contribution in [0.1, 0.15) is 28.4 Å². The van der Waals surface area contributed by atoms with E-state index in [1.54, 1.807) is 30.3 Å². The molecule has 0 saturated carbocycles. The van der Waals surface area contributed by atoms with Gasteiger partial charge in [0.2, 0.25) is 5.91 Å². The highest BCUT2D eigenvalue weighted by molar-refractivity contribution is 7.99. The average Bonchev–Trinajstić information content (AvgIpc) is 2.55. The Kier molecular flexibility index (Phi) is 5.95. The van der Waals surface area contributed by atoms with Gasteiger partial charge in [-0.15, -0.1) is 11.8 Å². The largest absolute Gasteiger partial charge is 0.325 e. The van der Waals surface area contributed by atoms with Crippen LogP contribution in [0.4, 0.5) is 5.69 Å². The highest BCUT2D eigenvalue weighted by Crippen LogP contribution is 2.15. The molecule has 0 aliphatic carbocycles. The number of hydrogen-bond donors (Lipinski definition) is 1. The molecule has 5 heteroatoms. The summed E-state index contributed by atoms with van der Waals surface area (Å²) in [7, 11) is 0. The Labute approximate surface area is 139 Å². The normalized spacial score (nSPS) is 9.91. The number of thioether (sulfide) groups is 1. The molecule has 2 rings (SSSR count). The molecular weight excluding hydrogens is 308 g/mol. The van der Waals surface area contributed by atoms with Gasteiger partial charge in [-0.05, 0) is 36.8 Å². The molecule has 2 aromatic rings. The Morgan fingerprint density at radius 1 is 1.17 bits per heavy atom. The third-order valence-electron chi connectivity index (χ3n) is 3.11. The minimum atomic E-state index is -0.118. The van der Waals surface area contributed by atoms with Gasteiger partial charge in [-0.2, -0.15) is 5.26 Å². The van der Waals surface area contributed by atoms with E-state index in [1.165, 1.54) is 18.7 Å². The van der Waals surface area contributed by atoms with E-state index in [9.17, 15) is 9.59 Å². The van der Waals surface area contributed by atoms with E-state index in [-0.39, 0.29) is 11.7 Å². The summed E-state index contributed by atoms with van der Waals surface area (Å²) in [5.74, 6) is 0.817. The van der Waals surface area contributed by atoms with Gasteiger partial charge in [-0.3, -0.25) is 9.59 Å². The van der Waals surface area contributed by atoms with Gasteiger partial charge in [-0.25, -0.2) is 0 Å². The Bertz CT molecular complexity index is 766. The fraction of sp³-hybridized carbons (Fsp3) is 0.167. The predicted molar refractivity (Wildman–Crippen MR) is 92.4 cm³/mol. The smallest absolute Gasteiger partial charge is 0.234 e. The van der Waals surface area contributed by atoms with Gasteiger partial charge in [0, 0.05) is 17.0 Å². The minimum absolute atomic E-state index is 0.0344. The van der Waals surface area contributed by atoms with Crippen LogP contribution in [0.3, 0.4) is 0 Å². The number of rotatable bonds is 6. The number of nitrogens with one attached hydrogen (secondary N) is 1. The summed E-state index contributed by atoms with van der Waals surface area (Å²) >= 11 is 1.48. The summed E-state index contributed by atoms with van der Waals surface area (Å²) in [5.41, 5.74) is 2.83. The van der Waals surface area contributed by atoms with Gasteiger partial charge < -0.3 is 5.32 Å². The number of benzene rings is 2. The van der Waals surface area contributed by atoms with Crippen LogP contribution in [-0.2, 0) is 10.5 Å². The lowest BCUT2D eigenvalue weighted by Crippen LogP contribution is -2.14. The fourth-order valence-corrected chi connectivity index (χ4v) is 2.78. The van der Waals surface area contributed by atoms with Crippen molar-refractivity contribution in [2.75, 3.05) is 11.1 Å².